The van der Waals surface area contributed by atoms with Gasteiger partial charge >= 0.3 is 0 Å². The SMILES string of the molecule is FC1CC(Nc2ncnc3[nH]ncc23)CCC1OCC(F)(F)c1ccccc1. The van der Waals surface area contributed by atoms with Crippen LogP contribution < -0.4 is 5.32 Å². The first-order valence-corrected chi connectivity index (χ1v) is 9.12. The third-order valence-corrected chi connectivity index (χ3v) is 4.98. The van der Waals surface area contributed by atoms with E-state index in [4.69, 9.17) is 4.74 Å². The molecule has 1 fully saturated rings. The van der Waals surface area contributed by atoms with Gasteiger partial charge in [-0.05, 0) is 12.8 Å². The van der Waals surface area contributed by atoms with Crippen LogP contribution in [0.4, 0.5) is 19.0 Å². The smallest absolute Gasteiger partial charge is 0.296 e. The second kappa shape index (κ2) is 7.75. The minimum absolute atomic E-state index is 0.131. The summed E-state index contributed by atoms with van der Waals surface area (Å²) in [6, 6.07) is 7.27. The number of halogens is 3. The maximum atomic E-state index is 14.6. The van der Waals surface area contributed by atoms with Gasteiger partial charge in [-0.1, -0.05) is 30.3 Å². The van der Waals surface area contributed by atoms with Crippen molar-refractivity contribution in [2.45, 2.75) is 43.5 Å². The summed E-state index contributed by atoms with van der Waals surface area (Å²) in [4.78, 5) is 8.24. The molecule has 2 aromatic heterocycles. The number of hydrogen-bond donors (Lipinski definition) is 2. The number of nitrogens with one attached hydrogen (secondary N) is 2. The van der Waals surface area contributed by atoms with E-state index in [-0.39, 0.29) is 18.0 Å². The standard InChI is InChI=1S/C19H20F3N5O/c20-15-8-13(26-17-14-9-25-27-18(14)24-11-23-17)6-7-16(15)28-10-19(21,22)12-4-2-1-3-5-12/h1-5,9,11,13,15-16H,6-8,10H2,(H2,23,24,25,26,27). The Morgan fingerprint density at radius 3 is 2.79 bits per heavy atom. The summed E-state index contributed by atoms with van der Waals surface area (Å²) in [6.45, 7) is -0.832. The topological polar surface area (TPSA) is 75.7 Å². The maximum Gasteiger partial charge on any atom is 0.296 e. The monoisotopic (exact) mass is 391 g/mol. The molecule has 1 saturated carbocycles. The molecular weight excluding hydrogens is 371 g/mol. The number of anilines is 1. The Bertz CT molecular complexity index is 920. The molecular formula is C19H20F3N5O. The lowest BCUT2D eigenvalue weighted by molar-refractivity contribution is -0.126. The molecule has 2 heterocycles. The van der Waals surface area contributed by atoms with Gasteiger partial charge in [-0.3, -0.25) is 5.10 Å². The average molecular weight is 391 g/mol. The third kappa shape index (κ3) is 3.94. The van der Waals surface area contributed by atoms with E-state index in [1.807, 2.05) is 0 Å². The number of rotatable bonds is 6. The Balaban J connectivity index is 1.33. The van der Waals surface area contributed by atoms with E-state index in [9.17, 15) is 13.2 Å². The molecule has 4 rings (SSSR count). The highest BCUT2D eigenvalue weighted by Gasteiger charge is 2.37. The van der Waals surface area contributed by atoms with Crippen molar-refractivity contribution in [1.82, 2.24) is 20.2 Å². The summed E-state index contributed by atoms with van der Waals surface area (Å²) >= 11 is 0. The lowest BCUT2D eigenvalue weighted by Crippen LogP contribution is -2.40. The predicted molar refractivity (Wildman–Crippen MR) is 97.9 cm³/mol. The minimum atomic E-state index is -3.15. The van der Waals surface area contributed by atoms with E-state index < -0.39 is 24.8 Å². The summed E-state index contributed by atoms with van der Waals surface area (Å²) in [6.07, 6.45) is 1.92. The zero-order chi connectivity index (χ0) is 19.6. The van der Waals surface area contributed by atoms with Crippen molar-refractivity contribution >= 4 is 16.9 Å². The normalized spacial score (nSPS) is 23.0. The Labute approximate surface area is 159 Å². The lowest BCUT2D eigenvalue weighted by atomic mass is 9.91. The van der Waals surface area contributed by atoms with Gasteiger partial charge in [0, 0.05) is 18.0 Å². The second-order valence-electron chi connectivity index (χ2n) is 6.94. The fourth-order valence-electron chi connectivity index (χ4n) is 3.46. The van der Waals surface area contributed by atoms with Gasteiger partial charge in [-0.15, -0.1) is 0 Å². The van der Waals surface area contributed by atoms with Gasteiger partial charge in [0.1, 0.15) is 24.9 Å². The molecule has 0 saturated heterocycles. The van der Waals surface area contributed by atoms with Gasteiger partial charge in [0.2, 0.25) is 0 Å². The van der Waals surface area contributed by atoms with E-state index in [1.54, 1.807) is 24.4 Å². The molecule has 3 atom stereocenters. The van der Waals surface area contributed by atoms with E-state index >= 15 is 0 Å². The van der Waals surface area contributed by atoms with Crippen molar-refractivity contribution < 1.29 is 17.9 Å². The van der Waals surface area contributed by atoms with Crippen molar-refractivity contribution in [3.63, 3.8) is 0 Å². The number of benzene rings is 1. The largest absolute Gasteiger partial charge is 0.369 e. The molecule has 0 radical (unpaired) electrons. The number of fused-ring (bicyclic) bond motifs is 1. The number of aromatic nitrogens is 4. The zero-order valence-corrected chi connectivity index (χ0v) is 15.0. The summed E-state index contributed by atoms with van der Waals surface area (Å²) in [5.74, 6) is -2.57. The molecule has 1 aliphatic carbocycles. The molecule has 0 bridgehead atoms. The molecule has 3 aromatic rings. The first-order chi connectivity index (χ1) is 13.5. The number of aromatic amines is 1. The zero-order valence-electron chi connectivity index (χ0n) is 15.0. The van der Waals surface area contributed by atoms with Crippen molar-refractivity contribution in [2.75, 3.05) is 11.9 Å². The second-order valence-corrected chi connectivity index (χ2v) is 6.94. The molecule has 0 spiro atoms. The molecule has 9 heteroatoms. The van der Waals surface area contributed by atoms with Gasteiger partial charge in [-0.25, -0.2) is 14.4 Å². The lowest BCUT2D eigenvalue weighted by Gasteiger charge is -2.33. The summed E-state index contributed by atoms with van der Waals surface area (Å²) in [7, 11) is 0. The van der Waals surface area contributed by atoms with Gasteiger partial charge in [0.05, 0.1) is 17.7 Å². The van der Waals surface area contributed by atoms with Crippen LogP contribution in [0, 0.1) is 0 Å². The van der Waals surface area contributed by atoms with Crippen molar-refractivity contribution in [3.8, 4) is 0 Å². The molecule has 0 amide bonds. The van der Waals surface area contributed by atoms with Crippen LogP contribution in [0.5, 0.6) is 0 Å². The molecule has 0 aliphatic heterocycles. The van der Waals surface area contributed by atoms with E-state index in [0.29, 0.717) is 24.3 Å². The third-order valence-electron chi connectivity index (χ3n) is 4.98. The van der Waals surface area contributed by atoms with Gasteiger partial charge < -0.3 is 10.1 Å². The quantitative estimate of drug-likeness (QED) is 0.668. The Morgan fingerprint density at radius 2 is 2.00 bits per heavy atom. The van der Waals surface area contributed by atoms with Crippen LogP contribution in [0.15, 0.2) is 42.9 Å². The molecule has 2 N–H and O–H groups in total. The van der Waals surface area contributed by atoms with Crippen molar-refractivity contribution in [2.24, 2.45) is 0 Å². The highest BCUT2D eigenvalue weighted by atomic mass is 19.3. The van der Waals surface area contributed by atoms with Crippen LogP contribution in [0.1, 0.15) is 24.8 Å². The van der Waals surface area contributed by atoms with Crippen LogP contribution in [0.25, 0.3) is 11.0 Å². The summed E-state index contributed by atoms with van der Waals surface area (Å²) in [5, 5.41) is 10.6. The molecule has 1 aliphatic rings. The number of H-pyrrole nitrogens is 1. The van der Waals surface area contributed by atoms with Gasteiger partial charge in [0.15, 0.2) is 5.65 Å². The van der Waals surface area contributed by atoms with Crippen LogP contribution in [0.2, 0.25) is 0 Å². The average Bonchev–Trinajstić information content (AvgIpc) is 3.18. The van der Waals surface area contributed by atoms with E-state index in [2.05, 4.69) is 25.5 Å². The fraction of sp³-hybridized carbons (Fsp3) is 0.421. The molecule has 6 nitrogen and oxygen atoms in total. The van der Waals surface area contributed by atoms with Crippen LogP contribution in [0.3, 0.4) is 0 Å². The van der Waals surface area contributed by atoms with E-state index in [0.717, 1.165) is 5.39 Å². The van der Waals surface area contributed by atoms with Crippen LogP contribution >= 0.6 is 0 Å². The highest BCUT2D eigenvalue weighted by molar-refractivity contribution is 5.85. The minimum Gasteiger partial charge on any atom is -0.369 e. The Kier molecular flexibility index (Phi) is 5.17. The van der Waals surface area contributed by atoms with E-state index in [1.165, 1.54) is 18.5 Å². The number of hydrogen-bond acceptors (Lipinski definition) is 5. The molecule has 28 heavy (non-hydrogen) atoms. The molecule has 1 aromatic carbocycles. The van der Waals surface area contributed by atoms with Crippen molar-refractivity contribution in [3.05, 3.63) is 48.4 Å². The number of alkyl halides is 3. The summed E-state index contributed by atoms with van der Waals surface area (Å²) in [5.41, 5.74) is 0.461. The van der Waals surface area contributed by atoms with Crippen LogP contribution in [-0.4, -0.2) is 45.1 Å². The predicted octanol–water partition coefficient (Wildman–Crippen LogP) is 3.83. The van der Waals surface area contributed by atoms with Crippen molar-refractivity contribution in [1.29, 1.82) is 0 Å². The van der Waals surface area contributed by atoms with Gasteiger partial charge in [0.25, 0.3) is 5.92 Å². The Hall–Kier alpha value is -2.68. The highest BCUT2D eigenvalue weighted by Crippen LogP contribution is 2.32. The summed E-state index contributed by atoms with van der Waals surface area (Å²) < 4.78 is 48.3. The first kappa shape index (κ1) is 18.7. The maximum absolute atomic E-state index is 14.6. The number of nitrogens with zero attached hydrogens (tertiary/aromatic N) is 3. The first-order valence-electron chi connectivity index (χ1n) is 9.12. The van der Waals surface area contributed by atoms with Gasteiger partial charge in [-0.2, -0.15) is 13.9 Å². The fourth-order valence-corrected chi connectivity index (χ4v) is 3.46. The molecule has 3 unspecified atom stereocenters. The Morgan fingerprint density at radius 1 is 1.18 bits per heavy atom. The molecule has 148 valence electrons. The van der Waals surface area contributed by atoms with Crippen LogP contribution in [-0.2, 0) is 10.7 Å². The number of ether oxygens (including phenoxy) is 1.